The predicted octanol–water partition coefficient (Wildman–Crippen LogP) is 2.66. The molecular formula is C12H16BrNO2. The highest BCUT2D eigenvalue weighted by Crippen LogP contribution is 2.17. The molecule has 1 amide bonds. The molecule has 0 heterocycles. The number of hydrogen-bond donors (Lipinski definition) is 1. The van der Waals surface area contributed by atoms with Crippen LogP contribution in [0, 0.1) is 0 Å². The van der Waals surface area contributed by atoms with Gasteiger partial charge in [0.15, 0.2) is 0 Å². The van der Waals surface area contributed by atoms with Gasteiger partial charge in [-0.2, -0.15) is 0 Å². The van der Waals surface area contributed by atoms with E-state index in [4.69, 9.17) is 4.74 Å². The van der Waals surface area contributed by atoms with E-state index < -0.39 is 0 Å². The van der Waals surface area contributed by atoms with Crippen LogP contribution in [0.15, 0.2) is 24.3 Å². The van der Waals surface area contributed by atoms with E-state index >= 15 is 0 Å². The van der Waals surface area contributed by atoms with E-state index in [2.05, 4.69) is 21.2 Å². The lowest BCUT2D eigenvalue weighted by atomic mass is 10.1. The highest BCUT2D eigenvalue weighted by atomic mass is 79.9. The third-order valence-corrected chi connectivity index (χ3v) is 2.75. The number of halogens is 1. The van der Waals surface area contributed by atoms with E-state index in [1.165, 1.54) is 0 Å². The minimum atomic E-state index is -0.173. The van der Waals surface area contributed by atoms with Gasteiger partial charge in [-0.15, -0.1) is 0 Å². The van der Waals surface area contributed by atoms with Gasteiger partial charge in [0.2, 0.25) is 5.91 Å². The van der Waals surface area contributed by atoms with Gasteiger partial charge < -0.3 is 10.1 Å². The first-order valence-electron chi connectivity index (χ1n) is 5.13. The fourth-order valence-electron chi connectivity index (χ4n) is 1.30. The van der Waals surface area contributed by atoms with E-state index in [9.17, 15) is 4.79 Å². The van der Waals surface area contributed by atoms with Crippen LogP contribution in [-0.2, 0) is 4.79 Å². The molecule has 0 aliphatic rings. The molecule has 2 atom stereocenters. The van der Waals surface area contributed by atoms with Crippen LogP contribution in [-0.4, -0.2) is 17.8 Å². The Kier molecular flexibility index (Phi) is 4.80. The molecule has 4 heteroatoms. The number of rotatable bonds is 4. The maximum Gasteiger partial charge on any atom is 0.233 e. The van der Waals surface area contributed by atoms with E-state index in [-0.39, 0.29) is 16.8 Å². The third-order valence-electron chi connectivity index (χ3n) is 2.34. The smallest absolute Gasteiger partial charge is 0.233 e. The topological polar surface area (TPSA) is 38.3 Å². The predicted molar refractivity (Wildman–Crippen MR) is 67.9 cm³/mol. The van der Waals surface area contributed by atoms with Crippen LogP contribution < -0.4 is 10.1 Å². The van der Waals surface area contributed by atoms with Crippen molar-refractivity contribution >= 4 is 21.8 Å². The maximum absolute atomic E-state index is 11.5. The molecule has 0 saturated heterocycles. The van der Waals surface area contributed by atoms with Crippen LogP contribution in [0.5, 0.6) is 5.75 Å². The van der Waals surface area contributed by atoms with E-state index in [1.807, 2.05) is 31.2 Å². The van der Waals surface area contributed by atoms with Gasteiger partial charge in [0.05, 0.1) is 18.0 Å². The number of ether oxygens (including phenoxy) is 1. The monoisotopic (exact) mass is 285 g/mol. The molecule has 0 spiro atoms. The molecule has 1 aromatic rings. The number of nitrogens with one attached hydrogen (secondary N) is 1. The summed E-state index contributed by atoms with van der Waals surface area (Å²) in [6, 6.07) is 7.66. The zero-order chi connectivity index (χ0) is 12.1. The standard InChI is InChI=1S/C12H16BrNO2/c1-8(13)12(15)14-9(2)10-4-6-11(16-3)7-5-10/h4-9H,1-3H3,(H,14,15)/t8-,9-/m0/s1. The number of alkyl halides is 1. The Morgan fingerprint density at radius 3 is 2.31 bits per heavy atom. The number of methoxy groups -OCH3 is 1. The molecule has 1 N–H and O–H groups in total. The van der Waals surface area contributed by atoms with Gasteiger partial charge in [0.25, 0.3) is 0 Å². The molecule has 1 aromatic carbocycles. The highest BCUT2D eigenvalue weighted by Gasteiger charge is 2.13. The summed E-state index contributed by atoms with van der Waals surface area (Å²) in [6.07, 6.45) is 0. The average Bonchev–Trinajstić information content (AvgIpc) is 2.28. The van der Waals surface area contributed by atoms with Gasteiger partial charge in [0, 0.05) is 0 Å². The molecule has 0 unspecified atom stereocenters. The number of hydrogen-bond acceptors (Lipinski definition) is 2. The van der Waals surface area contributed by atoms with Crippen molar-refractivity contribution in [2.24, 2.45) is 0 Å². The van der Waals surface area contributed by atoms with Gasteiger partial charge in [-0.3, -0.25) is 4.79 Å². The molecule has 0 aliphatic heterocycles. The van der Waals surface area contributed by atoms with Crippen LogP contribution in [0.25, 0.3) is 0 Å². The summed E-state index contributed by atoms with van der Waals surface area (Å²) in [5.41, 5.74) is 1.06. The van der Waals surface area contributed by atoms with Gasteiger partial charge in [0.1, 0.15) is 5.75 Å². The largest absolute Gasteiger partial charge is 0.497 e. The van der Waals surface area contributed by atoms with Crippen LogP contribution in [0.4, 0.5) is 0 Å². The van der Waals surface area contributed by atoms with Gasteiger partial charge in [-0.05, 0) is 31.5 Å². The molecule has 0 aromatic heterocycles. The molecule has 1 rings (SSSR count). The number of benzene rings is 1. The number of amides is 1. The zero-order valence-electron chi connectivity index (χ0n) is 9.66. The Morgan fingerprint density at radius 2 is 1.88 bits per heavy atom. The minimum absolute atomic E-state index is 0.00148. The van der Waals surface area contributed by atoms with Crippen LogP contribution in [0.3, 0.4) is 0 Å². The maximum atomic E-state index is 11.5. The highest BCUT2D eigenvalue weighted by molar-refractivity contribution is 9.10. The van der Waals surface area contributed by atoms with Gasteiger partial charge in [-0.25, -0.2) is 0 Å². The Morgan fingerprint density at radius 1 is 1.31 bits per heavy atom. The zero-order valence-corrected chi connectivity index (χ0v) is 11.2. The van der Waals surface area contributed by atoms with Crippen LogP contribution >= 0.6 is 15.9 Å². The quantitative estimate of drug-likeness (QED) is 0.864. The molecule has 0 aliphatic carbocycles. The van der Waals surface area contributed by atoms with Crippen molar-refractivity contribution in [2.45, 2.75) is 24.7 Å². The SMILES string of the molecule is COc1ccc([C@H](C)NC(=O)[C@H](C)Br)cc1. The molecule has 0 radical (unpaired) electrons. The molecule has 16 heavy (non-hydrogen) atoms. The summed E-state index contributed by atoms with van der Waals surface area (Å²) >= 11 is 3.23. The first-order valence-corrected chi connectivity index (χ1v) is 6.04. The Hall–Kier alpha value is -1.03. The Bertz CT molecular complexity index is 349. The summed E-state index contributed by atoms with van der Waals surface area (Å²) in [7, 11) is 1.63. The summed E-state index contributed by atoms with van der Waals surface area (Å²) in [5.74, 6) is 0.805. The lowest BCUT2D eigenvalue weighted by Gasteiger charge is -2.15. The van der Waals surface area contributed by atoms with Crippen LogP contribution in [0.1, 0.15) is 25.5 Å². The van der Waals surface area contributed by atoms with Crippen molar-refractivity contribution in [2.75, 3.05) is 7.11 Å². The first-order chi connectivity index (χ1) is 7.54. The fraction of sp³-hybridized carbons (Fsp3) is 0.417. The number of carbonyl (C=O) groups is 1. The summed E-state index contributed by atoms with van der Waals surface area (Å²) in [5, 5.41) is 2.91. The van der Waals surface area contributed by atoms with Gasteiger partial charge >= 0.3 is 0 Å². The van der Waals surface area contributed by atoms with Crippen LogP contribution in [0.2, 0.25) is 0 Å². The minimum Gasteiger partial charge on any atom is -0.497 e. The molecule has 88 valence electrons. The second-order valence-electron chi connectivity index (χ2n) is 3.62. The molecule has 0 fully saturated rings. The van der Waals surface area contributed by atoms with Crippen molar-refractivity contribution in [1.82, 2.24) is 5.32 Å². The average molecular weight is 286 g/mol. The van der Waals surface area contributed by atoms with E-state index in [0.29, 0.717) is 0 Å². The van der Waals surface area contributed by atoms with Crippen molar-refractivity contribution in [1.29, 1.82) is 0 Å². The van der Waals surface area contributed by atoms with Crippen molar-refractivity contribution in [3.05, 3.63) is 29.8 Å². The van der Waals surface area contributed by atoms with Crippen molar-refractivity contribution in [3.63, 3.8) is 0 Å². The second kappa shape index (κ2) is 5.89. The van der Waals surface area contributed by atoms with E-state index in [0.717, 1.165) is 11.3 Å². The van der Waals surface area contributed by atoms with Crippen molar-refractivity contribution in [3.8, 4) is 5.75 Å². The normalized spacial score (nSPS) is 14.0. The summed E-state index contributed by atoms with van der Waals surface area (Å²) in [4.78, 5) is 11.3. The first kappa shape index (κ1) is 13.0. The van der Waals surface area contributed by atoms with Crippen molar-refractivity contribution < 1.29 is 9.53 Å². The Balaban J connectivity index is 2.65. The summed E-state index contributed by atoms with van der Waals surface area (Å²) < 4.78 is 5.07. The second-order valence-corrected chi connectivity index (χ2v) is 4.99. The lowest BCUT2D eigenvalue weighted by Crippen LogP contribution is -2.31. The van der Waals surface area contributed by atoms with Gasteiger partial charge in [-0.1, -0.05) is 28.1 Å². The molecular weight excluding hydrogens is 270 g/mol. The fourth-order valence-corrected chi connectivity index (χ4v) is 1.44. The molecule has 0 saturated carbocycles. The number of carbonyl (C=O) groups excluding carboxylic acids is 1. The third kappa shape index (κ3) is 3.52. The summed E-state index contributed by atoms with van der Waals surface area (Å²) in [6.45, 7) is 3.76. The molecule has 3 nitrogen and oxygen atoms in total. The Labute approximate surface area is 104 Å². The molecule has 0 bridgehead atoms. The lowest BCUT2D eigenvalue weighted by molar-refractivity contribution is -0.120. The van der Waals surface area contributed by atoms with E-state index in [1.54, 1.807) is 14.0 Å².